The average molecular weight is 294 g/mol. The van der Waals surface area contributed by atoms with Crippen molar-refractivity contribution in [3.05, 3.63) is 52.9 Å². The first-order chi connectivity index (χ1) is 9.60. The molecule has 1 aromatic carbocycles. The van der Waals surface area contributed by atoms with E-state index in [0.29, 0.717) is 22.8 Å². The molecule has 2 aromatic rings. The molecule has 1 atom stereocenters. The summed E-state index contributed by atoms with van der Waals surface area (Å²) in [6.45, 7) is 1.93. The number of hydrogen-bond acceptors (Lipinski definition) is 3. The van der Waals surface area contributed by atoms with Crippen LogP contribution in [0.5, 0.6) is 5.75 Å². The average Bonchev–Trinajstić information content (AvgIpc) is 2.91. The van der Waals surface area contributed by atoms with Gasteiger partial charge < -0.3 is 14.5 Å². The molecule has 2 rings (SSSR count). The molecule has 4 nitrogen and oxygen atoms in total. The molecule has 0 saturated heterocycles. The van der Waals surface area contributed by atoms with E-state index < -0.39 is 0 Å². The van der Waals surface area contributed by atoms with Crippen LogP contribution in [0.1, 0.15) is 22.8 Å². The van der Waals surface area contributed by atoms with Gasteiger partial charge >= 0.3 is 0 Å². The lowest BCUT2D eigenvalue weighted by Crippen LogP contribution is -2.34. The van der Waals surface area contributed by atoms with Crippen molar-refractivity contribution in [3.63, 3.8) is 0 Å². The van der Waals surface area contributed by atoms with Crippen molar-refractivity contribution in [2.75, 3.05) is 7.11 Å². The van der Waals surface area contributed by atoms with E-state index in [1.54, 1.807) is 30.7 Å². The molecule has 1 unspecified atom stereocenters. The lowest BCUT2D eigenvalue weighted by Gasteiger charge is -2.14. The summed E-state index contributed by atoms with van der Waals surface area (Å²) < 4.78 is 10.2. The summed E-state index contributed by atoms with van der Waals surface area (Å²) in [5.41, 5.74) is 1.47. The minimum absolute atomic E-state index is 0.0243. The van der Waals surface area contributed by atoms with Crippen LogP contribution >= 0.6 is 11.6 Å². The summed E-state index contributed by atoms with van der Waals surface area (Å²) in [6.07, 6.45) is 3.98. The quantitative estimate of drug-likeness (QED) is 0.920. The van der Waals surface area contributed by atoms with E-state index in [2.05, 4.69) is 5.32 Å². The number of amides is 1. The smallest absolute Gasteiger partial charge is 0.255 e. The lowest BCUT2D eigenvalue weighted by atomic mass is 10.1. The van der Waals surface area contributed by atoms with Crippen molar-refractivity contribution >= 4 is 17.5 Å². The maximum absolute atomic E-state index is 12.2. The number of hydrogen-bond donors (Lipinski definition) is 1. The summed E-state index contributed by atoms with van der Waals surface area (Å²) in [7, 11) is 1.52. The van der Waals surface area contributed by atoms with E-state index in [1.807, 2.05) is 13.0 Å². The van der Waals surface area contributed by atoms with Crippen LogP contribution in [0.15, 0.2) is 41.2 Å². The Kier molecular flexibility index (Phi) is 4.69. The Balaban J connectivity index is 2.06. The fourth-order valence-corrected chi connectivity index (χ4v) is 2.14. The van der Waals surface area contributed by atoms with Gasteiger partial charge in [0.1, 0.15) is 5.75 Å². The van der Waals surface area contributed by atoms with Gasteiger partial charge in [-0.15, -0.1) is 0 Å². The second-order valence-corrected chi connectivity index (χ2v) is 4.99. The predicted octanol–water partition coefficient (Wildman–Crippen LogP) is 3.30. The van der Waals surface area contributed by atoms with Crippen LogP contribution in [0.3, 0.4) is 0 Å². The van der Waals surface area contributed by atoms with E-state index >= 15 is 0 Å². The Hall–Kier alpha value is -1.94. The number of halogens is 1. The van der Waals surface area contributed by atoms with Gasteiger partial charge in [0.15, 0.2) is 0 Å². The van der Waals surface area contributed by atoms with Crippen LogP contribution in [0, 0.1) is 0 Å². The Bertz CT molecular complexity index is 581. The topological polar surface area (TPSA) is 51.5 Å². The fraction of sp³-hybridized carbons (Fsp3) is 0.267. The molecule has 1 aromatic heterocycles. The summed E-state index contributed by atoms with van der Waals surface area (Å²) in [5, 5.41) is 3.42. The zero-order valence-corrected chi connectivity index (χ0v) is 12.1. The number of furan rings is 1. The van der Waals surface area contributed by atoms with E-state index in [0.717, 1.165) is 5.56 Å². The highest BCUT2D eigenvalue weighted by molar-refractivity contribution is 6.31. The predicted molar refractivity (Wildman–Crippen MR) is 77.3 cm³/mol. The standard InChI is InChI=1S/C15H16ClNO3/c1-10(7-11-5-6-20-9-11)17-15(18)13-8-12(16)3-4-14(13)19-2/h3-6,8-10H,7H2,1-2H3,(H,17,18). The molecule has 0 radical (unpaired) electrons. The van der Waals surface area contributed by atoms with Crippen molar-refractivity contribution in [3.8, 4) is 5.75 Å². The molecule has 0 spiro atoms. The maximum Gasteiger partial charge on any atom is 0.255 e. The normalized spacial score (nSPS) is 11.9. The minimum Gasteiger partial charge on any atom is -0.496 e. The van der Waals surface area contributed by atoms with Gasteiger partial charge in [0.2, 0.25) is 0 Å². The number of carbonyl (C=O) groups is 1. The van der Waals surface area contributed by atoms with Gasteiger partial charge in [-0.3, -0.25) is 4.79 Å². The molecule has 106 valence electrons. The highest BCUT2D eigenvalue weighted by atomic mass is 35.5. The van der Waals surface area contributed by atoms with Crippen LogP contribution in [0.4, 0.5) is 0 Å². The second kappa shape index (κ2) is 6.48. The first-order valence-corrected chi connectivity index (χ1v) is 6.63. The molecule has 1 amide bonds. The third-order valence-corrected chi connectivity index (χ3v) is 3.14. The van der Waals surface area contributed by atoms with Crippen molar-refractivity contribution in [2.24, 2.45) is 0 Å². The van der Waals surface area contributed by atoms with Crippen LogP contribution in [-0.2, 0) is 6.42 Å². The van der Waals surface area contributed by atoms with E-state index in [9.17, 15) is 4.79 Å². The molecule has 0 aliphatic carbocycles. The van der Waals surface area contributed by atoms with Gasteiger partial charge in [-0.2, -0.15) is 0 Å². The Morgan fingerprint density at radius 3 is 2.90 bits per heavy atom. The lowest BCUT2D eigenvalue weighted by molar-refractivity contribution is 0.0937. The molecule has 1 N–H and O–H groups in total. The number of carbonyl (C=O) groups excluding carboxylic acids is 1. The number of methoxy groups -OCH3 is 1. The molecular formula is C15H16ClNO3. The molecule has 0 aliphatic rings. The fourth-order valence-electron chi connectivity index (χ4n) is 1.97. The van der Waals surface area contributed by atoms with Crippen molar-refractivity contribution in [2.45, 2.75) is 19.4 Å². The third kappa shape index (κ3) is 3.54. The van der Waals surface area contributed by atoms with E-state index in [-0.39, 0.29) is 11.9 Å². The van der Waals surface area contributed by atoms with Crippen LogP contribution in [0.25, 0.3) is 0 Å². The van der Waals surface area contributed by atoms with Gasteiger partial charge in [-0.1, -0.05) is 11.6 Å². The third-order valence-electron chi connectivity index (χ3n) is 2.91. The molecular weight excluding hydrogens is 278 g/mol. The summed E-state index contributed by atoms with van der Waals surface area (Å²) in [6, 6.07) is 6.82. The van der Waals surface area contributed by atoms with Gasteiger partial charge in [0, 0.05) is 11.1 Å². The van der Waals surface area contributed by atoms with Gasteiger partial charge in [-0.05, 0) is 43.2 Å². The number of rotatable bonds is 5. The Morgan fingerprint density at radius 1 is 1.45 bits per heavy atom. The first kappa shape index (κ1) is 14.5. The van der Waals surface area contributed by atoms with Crippen LogP contribution in [0.2, 0.25) is 5.02 Å². The summed E-state index contributed by atoms with van der Waals surface area (Å²) in [5.74, 6) is 0.294. The molecule has 0 fully saturated rings. The van der Waals surface area contributed by atoms with Crippen molar-refractivity contribution in [1.29, 1.82) is 0 Å². The van der Waals surface area contributed by atoms with Crippen molar-refractivity contribution < 1.29 is 13.9 Å². The molecule has 0 bridgehead atoms. The largest absolute Gasteiger partial charge is 0.496 e. The molecule has 5 heteroatoms. The SMILES string of the molecule is COc1ccc(Cl)cc1C(=O)NC(C)Cc1ccoc1. The Morgan fingerprint density at radius 2 is 2.25 bits per heavy atom. The number of ether oxygens (including phenoxy) is 1. The highest BCUT2D eigenvalue weighted by Crippen LogP contribution is 2.22. The monoisotopic (exact) mass is 293 g/mol. The number of benzene rings is 1. The molecule has 0 saturated carbocycles. The summed E-state index contributed by atoms with van der Waals surface area (Å²) in [4.78, 5) is 12.2. The van der Waals surface area contributed by atoms with Crippen molar-refractivity contribution in [1.82, 2.24) is 5.32 Å². The zero-order chi connectivity index (χ0) is 14.5. The summed E-state index contributed by atoms with van der Waals surface area (Å²) >= 11 is 5.92. The molecule has 20 heavy (non-hydrogen) atoms. The minimum atomic E-state index is -0.208. The van der Waals surface area contributed by atoms with Gasteiger partial charge in [0.25, 0.3) is 5.91 Å². The zero-order valence-electron chi connectivity index (χ0n) is 11.4. The highest BCUT2D eigenvalue weighted by Gasteiger charge is 2.15. The van der Waals surface area contributed by atoms with Crippen LogP contribution in [-0.4, -0.2) is 19.1 Å². The van der Waals surface area contributed by atoms with E-state index in [4.69, 9.17) is 20.8 Å². The first-order valence-electron chi connectivity index (χ1n) is 6.25. The maximum atomic E-state index is 12.2. The number of nitrogens with one attached hydrogen (secondary N) is 1. The van der Waals surface area contributed by atoms with Gasteiger partial charge in [-0.25, -0.2) is 0 Å². The van der Waals surface area contributed by atoms with Crippen LogP contribution < -0.4 is 10.1 Å². The van der Waals surface area contributed by atoms with E-state index in [1.165, 1.54) is 7.11 Å². The van der Waals surface area contributed by atoms with Gasteiger partial charge in [0.05, 0.1) is 25.2 Å². The second-order valence-electron chi connectivity index (χ2n) is 4.55. The molecule has 1 heterocycles. The molecule has 0 aliphatic heterocycles. The Labute approximate surface area is 122 Å².